The van der Waals surface area contributed by atoms with Crippen molar-refractivity contribution in [3.05, 3.63) is 90.6 Å². The van der Waals surface area contributed by atoms with Crippen LogP contribution < -0.4 is 5.32 Å². The maximum atomic E-state index is 13.5. The standard InChI is InChI=1S/C26H26N2O3S/c1-3-19(2)17-27-26(29)21-13-15-22(16-14-21)32(30,31)28-18-24(20-9-5-4-6-10-20)23-11-7-8-12-25(23)28/h4-16,18-19H,3,17H2,1-2H3,(H,27,29). The number of hydrogen-bond donors (Lipinski definition) is 1. The van der Waals surface area contributed by atoms with Crippen molar-refractivity contribution < 1.29 is 13.2 Å². The number of amides is 1. The summed E-state index contributed by atoms with van der Waals surface area (Å²) in [5.41, 5.74) is 2.85. The molecule has 0 saturated carbocycles. The van der Waals surface area contributed by atoms with E-state index in [1.54, 1.807) is 24.4 Å². The Kier molecular flexibility index (Phi) is 6.15. The summed E-state index contributed by atoms with van der Waals surface area (Å²) in [6, 6.07) is 23.3. The van der Waals surface area contributed by atoms with Crippen molar-refractivity contribution in [2.75, 3.05) is 6.54 Å². The molecule has 0 radical (unpaired) electrons. The average Bonchev–Trinajstić information content (AvgIpc) is 3.23. The molecule has 0 aliphatic carbocycles. The number of fused-ring (bicyclic) bond motifs is 1. The lowest BCUT2D eigenvalue weighted by atomic mass is 10.1. The zero-order valence-electron chi connectivity index (χ0n) is 18.2. The monoisotopic (exact) mass is 446 g/mol. The smallest absolute Gasteiger partial charge is 0.268 e. The predicted molar refractivity (Wildman–Crippen MR) is 128 cm³/mol. The number of aromatic nitrogens is 1. The number of carbonyl (C=O) groups is 1. The van der Waals surface area contributed by atoms with Crippen LogP contribution in [0.4, 0.5) is 0 Å². The molecule has 0 aliphatic heterocycles. The van der Waals surface area contributed by atoms with E-state index in [2.05, 4.69) is 19.2 Å². The number of benzene rings is 3. The first-order valence-corrected chi connectivity index (χ1v) is 12.1. The van der Waals surface area contributed by atoms with Crippen molar-refractivity contribution in [2.45, 2.75) is 25.2 Å². The van der Waals surface area contributed by atoms with Crippen molar-refractivity contribution >= 4 is 26.8 Å². The molecular weight excluding hydrogens is 420 g/mol. The molecule has 1 N–H and O–H groups in total. The molecule has 164 valence electrons. The molecule has 4 aromatic rings. The number of nitrogens with one attached hydrogen (secondary N) is 1. The molecule has 1 atom stereocenters. The molecule has 4 rings (SSSR count). The van der Waals surface area contributed by atoms with Crippen LogP contribution in [0.2, 0.25) is 0 Å². The third-order valence-corrected chi connectivity index (χ3v) is 7.43. The number of carbonyl (C=O) groups excluding carboxylic acids is 1. The van der Waals surface area contributed by atoms with E-state index < -0.39 is 10.0 Å². The molecular formula is C26H26N2O3S. The minimum atomic E-state index is -3.84. The highest BCUT2D eigenvalue weighted by atomic mass is 32.2. The molecule has 6 heteroatoms. The van der Waals surface area contributed by atoms with Crippen LogP contribution in [0.3, 0.4) is 0 Å². The maximum Gasteiger partial charge on any atom is 0.268 e. The molecule has 1 unspecified atom stereocenters. The molecule has 0 aliphatic rings. The molecule has 32 heavy (non-hydrogen) atoms. The van der Waals surface area contributed by atoms with Crippen LogP contribution in [0.5, 0.6) is 0 Å². The van der Waals surface area contributed by atoms with Crippen molar-refractivity contribution in [1.29, 1.82) is 0 Å². The van der Waals surface area contributed by atoms with Gasteiger partial charge < -0.3 is 5.32 Å². The lowest BCUT2D eigenvalue weighted by molar-refractivity contribution is 0.0947. The molecule has 0 spiro atoms. The Morgan fingerprint density at radius 2 is 1.59 bits per heavy atom. The van der Waals surface area contributed by atoms with E-state index in [9.17, 15) is 13.2 Å². The molecule has 3 aromatic carbocycles. The SMILES string of the molecule is CCC(C)CNC(=O)c1ccc(S(=O)(=O)n2cc(-c3ccccc3)c3ccccc32)cc1. The van der Waals surface area contributed by atoms with Crippen LogP contribution in [0.15, 0.2) is 90.0 Å². The van der Waals surface area contributed by atoms with Gasteiger partial charge >= 0.3 is 0 Å². The number of hydrogen-bond acceptors (Lipinski definition) is 3. The molecule has 0 saturated heterocycles. The van der Waals surface area contributed by atoms with E-state index >= 15 is 0 Å². The van der Waals surface area contributed by atoms with Gasteiger partial charge in [-0.1, -0.05) is 68.8 Å². The van der Waals surface area contributed by atoms with Gasteiger partial charge in [-0.15, -0.1) is 0 Å². The fraction of sp³-hybridized carbons (Fsp3) is 0.192. The normalized spacial score (nSPS) is 12.6. The zero-order valence-corrected chi connectivity index (χ0v) is 19.0. The third kappa shape index (κ3) is 4.18. The molecule has 1 amide bonds. The van der Waals surface area contributed by atoms with Crippen LogP contribution >= 0.6 is 0 Å². The van der Waals surface area contributed by atoms with Crippen LogP contribution in [0.1, 0.15) is 30.6 Å². The highest BCUT2D eigenvalue weighted by molar-refractivity contribution is 7.90. The van der Waals surface area contributed by atoms with Crippen LogP contribution in [-0.4, -0.2) is 24.8 Å². The zero-order chi connectivity index (χ0) is 22.7. The second-order valence-corrected chi connectivity index (χ2v) is 9.79. The highest BCUT2D eigenvalue weighted by Gasteiger charge is 2.22. The van der Waals surface area contributed by atoms with Gasteiger partial charge in [0, 0.05) is 29.3 Å². The number of rotatable bonds is 7. The average molecular weight is 447 g/mol. The van der Waals surface area contributed by atoms with E-state index in [1.165, 1.54) is 16.1 Å². The van der Waals surface area contributed by atoms with Crippen LogP contribution in [-0.2, 0) is 10.0 Å². The van der Waals surface area contributed by atoms with Gasteiger partial charge in [0.1, 0.15) is 0 Å². The summed E-state index contributed by atoms with van der Waals surface area (Å²) in [5, 5.41) is 3.76. The quantitative estimate of drug-likeness (QED) is 0.418. The fourth-order valence-electron chi connectivity index (χ4n) is 3.60. The summed E-state index contributed by atoms with van der Waals surface area (Å²) >= 11 is 0. The first kappa shape index (κ1) is 21.8. The van der Waals surface area contributed by atoms with Crippen molar-refractivity contribution in [3.63, 3.8) is 0 Å². The van der Waals surface area contributed by atoms with Crippen molar-refractivity contribution in [3.8, 4) is 11.1 Å². The lowest BCUT2D eigenvalue weighted by Gasteiger charge is -2.11. The van der Waals surface area contributed by atoms with Crippen molar-refractivity contribution in [2.24, 2.45) is 5.92 Å². The Hall–Kier alpha value is -3.38. The molecule has 1 heterocycles. The van der Waals surface area contributed by atoms with Gasteiger partial charge in [0.05, 0.1) is 10.4 Å². The topological polar surface area (TPSA) is 68.2 Å². The first-order chi connectivity index (χ1) is 15.4. The Labute approximate surface area is 188 Å². The Morgan fingerprint density at radius 1 is 0.938 bits per heavy atom. The van der Waals surface area contributed by atoms with Crippen LogP contribution in [0, 0.1) is 5.92 Å². The maximum absolute atomic E-state index is 13.5. The molecule has 1 aromatic heterocycles. The molecule has 5 nitrogen and oxygen atoms in total. The van der Waals surface area contributed by atoms with E-state index in [-0.39, 0.29) is 10.8 Å². The van der Waals surface area contributed by atoms with Crippen LogP contribution in [0.25, 0.3) is 22.0 Å². The van der Waals surface area contributed by atoms with Gasteiger partial charge in [0.25, 0.3) is 15.9 Å². The summed E-state index contributed by atoms with van der Waals surface area (Å²) in [7, 11) is -3.84. The van der Waals surface area contributed by atoms with Gasteiger partial charge in [-0.3, -0.25) is 4.79 Å². The van der Waals surface area contributed by atoms with E-state index in [4.69, 9.17) is 0 Å². The van der Waals surface area contributed by atoms with Gasteiger partial charge in [-0.05, 0) is 41.8 Å². The van der Waals surface area contributed by atoms with Crippen molar-refractivity contribution in [1.82, 2.24) is 9.29 Å². The summed E-state index contributed by atoms with van der Waals surface area (Å²) in [6.07, 6.45) is 2.65. The van der Waals surface area contributed by atoms with Gasteiger partial charge in [0.15, 0.2) is 0 Å². The van der Waals surface area contributed by atoms with E-state index in [1.807, 2.05) is 48.5 Å². The van der Waals surface area contributed by atoms with E-state index in [0.717, 1.165) is 22.9 Å². The summed E-state index contributed by atoms with van der Waals surface area (Å²) in [5.74, 6) is 0.187. The Bertz CT molecular complexity index is 1340. The Morgan fingerprint density at radius 3 is 2.28 bits per heavy atom. The van der Waals surface area contributed by atoms with Gasteiger partial charge in [0.2, 0.25) is 0 Å². The van der Waals surface area contributed by atoms with Gasteiger partial charge in [-0.2, -0.15) is 0 Å². The summed E-state index contributed by atoms with van der Waals surface area (Å²) < 4.78 is 28.3. The highest BCUT2D eigenvalue weighted by Crippen LogP contribution is 2.32. The lowest BCUT2D eigenvalue weighted by Crippen LogP contribution is -2.28. The minimum Gasteiger partial charge on any atom is -0.352 e. The minimum absolute atomic E-state index is 0.136. The predicted octanol–water partition coefficient (Wildman–Crippen LogP) is 5.32. The summed E-state index contributed by atoms with van der Waals surface area (Å²) in [4.78, 5) is 12.5. The second-order valence-electron chi connectivity index (χ2n) is 7.97. The first-order valence-electron chi connectivity index (χ1n) is 10.7. The largest absolute Gasteiger partial charge is 0.352 e. The number of para-hydroxylation sites is 1. The number of nitrogens with zero attached hydrogens (tertiary/aromatic N) is 1. The van der Waals surface area contributed by atoms with Gasteiger partial charge in [-0.25, -0.2) is 12.4 Å². The fourth-order valence-corrected chi connectivity index (χ4v) is 4.97. The van der Waals surface area contributed by atoms with E-state index in [0.29, 0.717) is 23.5 Å². The summed E-state index contributed by atoms with van der Waals surface area (Å²) in [6.45, 7) is 4.73. The molecule has 0 bridgehead atoms. The second kappa shape index (κ2) is 9.01. The Balaban J connectivity index is 1.69. The molecule has 0 fully saturated rings. The third-order valence-electron chi connectivity index (χ3n) is 5.74.